The summed E-state index contributed by atoms with van der Waals surface area (Å²) in [6.07, 6.45) is 3.00. The lowest BCUT2D eigenvalue weighted by Gasteiger charge is -2.18. The molecule has 102 valence electrons. The number of hydrogen-bond acceptors (Lipinski definition) is 3. The van der Waals surface area contributed by atoms with Crippen LogP contribution in [0.4, 0.5) is 4.39 Å². The number of nitrogens with zero attached hydrogens (tertiary/aromatic N) is 3. The summed E-state index contributed by atoms with van der Waals surface area (Å²) in [5.74, 6) is 0.656. The predicted octanol–water partition coefficient (Wildman–Crippen LogP) is 1.58. The maximum absolute atomic E-state index is 14.0. The summed E-state index contributed by atoms with van der Waals surface area (Å²) in [4.78, 5) is 6.88. The lowest BCUT2D eigenvalue weighted by atomic mass is 10.3. The van der Waals surface area contributed by atoms with Crippen molar-refractivity contribution in [3.8, 4) is 0 Å². The average molecular weight is 262 g/mol. The number of fused-ring (bicyclic) bond motifs is 1. The Morgan fingerprint density at radius 2 is 2.26 bits per heavy atom. The number of aryl methyl sites for hydroxylation is 1. The van der Waals surface area contributed by atoms with Crippen LogP contribution in [0.5, 0.6) is 0 Å². The van der Waals surface area contributed by atoms with E-state index in [4.69, 9.17) is 0 Å². The molecule has 0 atom stereocenters. The highest BCUT2D eigenvalue weighted by Crippen LogP contribution is 2.18. The Bertz CT molecular complexity index is 570. The van der Waals surface area contributed by atoms with Crippen molar-refractivity contribution in [2.75, 3.05) is 26.2 Å². The van der Waals surface area contributed by atoms with Gasteiger partial charge in [0.1, 0.15) is 17.2 Å². The lowest BCUT2D eigenvalue weighted by Crippen LogP contribution is -2.27. The van der Waals surface area contributed by atoms with Crippen molar-refractivity contribution in [1.82, 2.24) is 19.6 Å². The smallest absolute Gasteiger partial charge is 0.149 e. The Balaban J connectivity index is 1.92. The van der Waals surface area contributed by atoms with E-state index in [0.29, 0.717) is 5.52 Å². The van der Waals surface area contributed by atoms with Crippen molar-refractivity contribution < 1.29 is 4.39 Å². The third kappa shape index (κ3) is 2.48. The molecule has 0 aromatic carbocycles. The average Bonchev–Trinajstić information content (AvgIpc) is 2.59. The van der Waals surface area contributed by atoms with E-state index in [0.717, 1.165) is 50.7 Å². The summed E-state index contributed by atoms with van der Waals surface area (Å²) >= 11 is 0. The minimum Gasteiger partial charge on any atom is -0.315 e. The van der Waals surface area contributed by atoms with E-state index < -0.39 is 0 Å². The van der Waals surface area contributed by atoms with Gasteiger partial charge in [-0.25, -0.2) is 9.37 Å². The van der Waals surface area contributed by atoms with E-state index in [2.05, 4.69) is 15.2 Å². The van der Waals surface area contributed by atoms with Crippen molar-refractivity contribution in [3.05, 3.63) is 35.7 Å². The van der Waals surface area contributed by atoms with Crippen LogP contribution in [0, 0.1) is 12.7 Å². The maximum Gasteiger partial charge on any atom is 0.149 e. The van der Waals surface area contributed by atoms with Gasteiger partial charge in [-0.15, -0.1) is 0 Å². The van der Waals surface area contributed by atoms with E-state index in [-0.39, 0.29) is 5.82 Å². The Kier molecular flexibility index (Phi) is 3.48. The Morgan fingerprint density at radius 1 is 1.37 bits per heavy atom. The first-order chi connectivity index (χ1) is 9.25. The first kappa shape index (κ1) is 12.6. The number of nitrogens with one attached hydrogen (secondary N) is 1. The van der Waals surface area contributed by atoms with Crippen molar-refractivity contribution >= 4 is 5.52 Å². The van der Waals surface area contributed by atoms with Gasteiger partial charge in [-0.1, -0.05) is 0 Å². The Hall–Kier alpha value is -1.46. The Morgan fingerprint density at radius 3 is 3.16 bits per heavy atom. The van der Waals surface area contributed by atoms with Crippen LogP contribution in [0.15, 0.2) is 18.3 Å². The van der Waals surface area contributed by atoms with E-state index in [1.807, 2.05) is 17.5 Å². The summed E-state index contributed by atoms with van der Waals surface area (Å²) < 4.78 is 15.8. The van der Waals surface area contributed by atoms with Gasteiger partial charge in [0.25, 0.3) is 0 Å². The Labute approximate surface area is 112 Å². The third-order valence-electron chi connectivity index (χ3n) is 3.67. The van der Waals surface area contributed by atoms with Crippen LogP contribution in [-0.4, -0.2) is 40.5 Å². The van der Waals surface area contributed by atoms with Gasteiger partial charge in [0, 0.05) is 25.8 Å². The molecule has 1 fully saturated rings. The summed E-state index contributed by atoms with van der Waals surface area (Å²) in [6.45, 7) is 6.73. The monoisotopic (exact) mass is 262 g/mol. The quantitative estimate of drug-likeness (QED) is 0.892. The van der Waals surface area contributed by atoms with Gasteiger partial charge in [-0.2, -0.15) is 0 Å². The van der Waals surface area contributed by atoms with Gasteiger partial charge in [-0.05, 0) is 38.6 Å². The minimum atomic E-state index is -0.189. The molecule has 0 saturated carbocycles. The summed E-state index contributed by atoms with van der Waals surface area (Å²) in [6, 6.07) is 3.22. The fourth-order valence-corrected chi connectivity index (χ4v) is 2.71. The molecule has 1 aliphatic rings. The molecule has 3 rings (SSSR count). The fraction of sp³-hybridized carbons (Fsp3) is 0.500. The van der Waals surface area contributed by atoms with Crippen LogP contribution < -0.4 is 5.32 Å². The molecule has 1 aliphatic heterocycles. The molecule has 5 heteroatoms. The zero-order valence-corrected chi connectivity index (χ0v) is 11.2. The highest BCUT2D eigenvalue weighted by Gasteiger charge is 2.16. The molecular formula is C14H19FN4. The van der Waals surface area contributed by atoms with Gasteiger partial charge < -0.3 is 9.72 Å². The molecule has 0 unspecified atom stereocenters. The van der Waals surface area contributed by atoms with E-state index in [1.54, 1.807) is 6.07 Å². The number of halogens is 1. The molecule has 2 aromatic rings. The molecule has 0 aliphatic carbocycles. The summed E-state index contributed by atoms with van der Waals surface area (Å²) in [5, 5.41) is 3.38. The van der Waals surface area contributed by atoms with Crippen LogP contribution in [-0.2, 0) is 6.54 Å². The topological polar surface area (TPSA) is 32.6 Å². The van der Waals surface area contributed by atoms with Crippen LogP contribution in [0.2, 0.25) is 0 Å². The first-order valence-corrected chi connectivity index (χ1v) is 6.81. The predicted molar refractivity (Wildman–Crippen MR) is 72.7 cm³/mol. The second kappa shape index (κ2) is 5.27. The van der Waals surface area contributed by atoms with E-state index in [1.165, 1.54) is 6.07 Å². The van der Waals surface area contributed by atoms with Crippen LogP contribution in [0.1, 0.15) is 17.9 Å². The molecule has 0 radical (unpaired) electrons. The highest BCUT2D eigenvalue weighted by atomic mass is 19.1. The van der Waals surface area contributed by atoms with Gasteiger partial charge >= 0.3 is 0 Å². The zero-order valence-electron chi connectivity index (χ0n) is 11.2. The van der Waals surface area contributed by atoms with E-state index in [9.17, 15) is 4.39 Å². The zero-order chi connectivity index (χ0) is 13.2. The fourth-order valence-electron chi connectivity index (χ4n) is 2.71. The van der Waals surface area contributed by atoms with Crippen LogP contribution in [0.25, 0.3) is 5.52 Å². The SMILES string of the molecule is Cc1nc(CN2CCCNCC2)c2c(F)cccn12. The number of aromatic nitrogens is 2. The van der Waals surface area contributed by atoms with Gasteiger partial charge in [0.05, 0.1) is 5.69 Å². The summed E-state index contributed by atoms with van der Waals surface area (Å²) in [7, 11) is 0. The molecule has 0 amide bonds. The van der Waals surface area contributed by atoms with Gasteiger partial charge in [0.2, 0.25) is 0 Å². The van der Waals surface area contributed by atoms with Crippen molar-refractivity contribution in [3.63, 3.8) is 0 Å². The van der Waals surface area contributed by atoms with E-state index >= 15 is 0 Å². The molecule has 19 heavy (non-hydrogen) atoms. The molecule has 4 nitrogen and oxygen atoms in total. The molecule has 0 spiro atoms. The standard InChI is InChI=1S/C14H19FN4/c1-11-17-13(10-18-7-3-5-16-6-9-18)14-12(15)4-2-8-19(11)14/h2,4,8,16H,3,5-7,9-10H2,1H3. The second-order valence-corrected chi connectivity index (χ2v) is 5.06. The summed E-state index contributed by atoms with van der Waals surface area (Å²) in [5.41, 5.74) is 1.47. The molecular weight excluding hydrogens is 243 g/mol. The van der Waals surface area contributed by atoms with Gasteiger partial charge in [0.15, 0.2) is 0 Å². The lowest BCUT2D eigenvalue weighted by molar-refractivity contribution is 0.282. The largest absolute Gasteiger partial charge is 0.315 e. The van der Waals surface area contributed by atoms with Crippen LogP contribution >= 0.6 is 0 Å². The van der Waals surface area contributed by atoms with Gasteiger partial charge in [-0.3, -0.25) is 4.90 Å². The number of pyridine rings is 1. The van der Waals surface area contributed by atoms with Crippen molar-refractivity contribution in [2.45, 2.75) is 19.9 Å². The van der Waals surface area contributed by atoms with Crippen molar-refractivity contribution in [1.29, 1.82) is 0 Å². The normalized spacial score (nSPS) is 17.8. The third-order valence-corrected chi connectivity index (χ3v) is 3.67. The first-order valence-electron chi connectivity index (χ1n) is 6.81. The molecule has 0 bridgehead atoms. The maximum atomic E-state index is 14.0. The van der Waals surface area contributed by atoms with Crippen molar-refractivity contribution in [2.24, 2.45) is 0 Å². The van der Waals surface area contributed by atoms with Crippen LogP contribution in [0.3, 0.4) is 0 Å². The number of imidazole rings is 1. The second-order valence-electron chi connectivity index (χ2n) is 5.06. The molecule has 3 heterocycles. The molecule has 1 N–H and O–H groups in total. The minimum absolute atomic E-state index is 0.189. The number of rotatable bonds is 2. The molecule has 1 saturated heterocycles. The highest BCUT2D eigenvalue weighted by molar-refractivity contribution is 5.54. The number of hydrogen-bond donors (Lipinski definition) is 1. The molecule has 2 aromatic heterocycles.